The summed E-state index contributed by atoms with van der Waals surface area (Å²) in [6.45, 7) is 8.62. The largest absolute Gasteiger partial charge is 0.442 e. The van der Waals surface area contributed by atoms with Crippen LogP contribution in [0.25, 0.3) is 22.0 Å². The van der Waals surface area contributed by atoms with Crippen molar-refractivity contribution in [3.63, 3.8) is 0 Å². The molecule has 11 heteroatoms. The number of aliphatic imine (C=N–C) groups is 1. The molecule has 0 unspecified atom stereocenters. The first-order valence-corrected chi connectivity index (χ1v) is 14.3. The number of nitrogen functional groups attached to an aromatic ring is 1. The van der Waals surface area contributed by atoms with Gasteiger partial charge in [0.05, 0.1) is 32.9 Å². The third-order valence-corrected chi connectivity index (χ3v) is 6.93. The maximum absolute atomic E-state index is 14.2. The van der Waals surface area contributed by atoms with Gasteiger partial charge in [0.1, 0.15) is 17.2 Å². The third kappa shape index (κ3) is 8.14. The molecule has 2 heterocycles. The first-order valence-electron chi connectivity index (χ1n) is 13.9. The van der Waals surface area contributed by atoms with E-state index < -0.39 is 28.9 Å². The van der Waals surface area contributed by atoms with Crippen LogP contribution in [0.1, 0.15) is 64.4 Å². The van der Waals surface area contributed by atoms with E-state index in [1.807, 2.05) is 12.1 Å². The van der Waals surface area contributed by atoms with Gasteiger partial charge in [-0.05, 0) is 83.7 Å². The lowest BCUT2D eigenvalue weighted by Gasteiger charge is -2.19. The quantitative estimate of drug-likeness (QED) is 0.203. The van der Waals surface area contributed by atoms with E-state index in [1.165, 1.54) is 12.1 Å². The maximum Gasteiger partial charge on any atom is 0.434 e. The first kappa shape index (κ1) is 32.0. The molecule has 0 fully saturated rings. The smallest absolute Gasteiger partial charge is 0.434 e. The van der Waals surface area contributed by atoms with Crippen molar-refractivity contribution in [2.45, 2.75) is 71.5 Å². The van der Waals surface area contributed by atoms with E-state index in [0.717, 1.165) is 6.07 Å². The number of rotatable bonds is 8. The van der Waals surface area contributed by atoms with Crippen LogP contribution in [0.2, 0.25) is 5.02 Å². The molecule has 0 saturated carbocycles. The van der Waals surface area contributed by atoms with Gasteiger partial charge in [0.15, 0.2) is 5.82 Å². The molecule has 0 aliphatic rings. The van der Waals surface area contributed by atoms with Crippen LogP contribution in [-0.2, 0) is 24.6 Å². The predicted octanol–water partition coefficient (Wildman–Crippen LogP) is 7.21. The van der Waals surface area contributed by atoms with Gasteiger partial charge in [-0.3, -0.25) is 9.67 Å². The summed E-state index contributed by atoms with van der Waals surface area (Å²) in [7, 11) is 1.74. The van der Waals surface area contributed by atoms with Gasteiger partial charge in [0, 0.05) is 36.4 Å². The fourth-order valence-corrected chi connectivity index (χ4v) is 5.13. The highest BCUT2D eigenvalue weighted by molar-refractivity contribution is 6.37. The number of carbonyl (C=O) groups is 1. The molecule has 0 aliphatic carbocycles. The van der Waals surface area contributed by atoms with E-state index in [0.29, 0.717) is 57.7 Å². The second-order valence-corrected chi connectivity index (χ2v) is 12.6. The Morgan fingerprint density at radius 3 is 2.35 bits per heavy atom. The van der Waals surface area contributed by atoms with Gasteiger partial charge < -0.3 is 15.6 Å². The molecule has 228 valence electrons. The summed E-state index contributed by atoms with van der Waals surface area (Å²) < 4.78 is 35.5. The molecule has 0 saturated heterocycles. The zero-order valence-electron chi connectivity index (χ0n) is 25.1. The Hall–Kier alpha value is -3.89. The number of nitrogens with two attached hydrogens (primary N) is 1. The number of anilines is 1. The van der Waals surface area contributed by atoms with Gasteiger partial charge in [-0.25, -0.2) is 13.6 Å². The molecule has 0 aliphatic heterocycles. The topological polar surface area (TPSA) is 116 Å². The number of hydrogen-bond donors (Lipinski definition) is 2. The molecule has 1 amide bonds. The number of aryl methyl sites for hydroxylation is 2. The average Bonchev–Trinajstić information content (AvgIpc) is 3.16. The lowest BCUT2D eigenvalue weighted by atomic mass is 9.95. The number of carbonyl (C=O) groups excluding carboxylic acids is 1. The van der Waals surface area contributed by atoms with Crippen molar-refractivity contribution in [2.24, 2.45) is 12.0 Å². The second kappa shape index (κ2) is 12.4. The van der Waals surface area contributed by atoms with E-state index in [-0.39, 0.29) is 23.5 Å². The lowest BCUT2D eigenvalue weighted by Crippen LogP contribution is -2.23. The van der Waals surface area contributed by atoms with Crippen molar-refractivity contribution in [1.82, 2.24) is 14.8 Å². The monoisotopic (exact) mass is 611 g/mol. The van der Waals surface area contributed by atoms with E-state index in [9.17, 15) is 18.7 Å². The average molecular weight is 612 g/mol. The van der Waals surface area contributed by atoms with Crippen molar-refractivity contribution in [1.29, 1.82) is 0 Å². The molecule has 43 heavy (non-hydrogen) atoms. The summed E-state index contributed by atoms with van der Waals surface area (Å²) >= 11 is 6.50. The lowest BCUT2D eigenvalue weighted by molar-refractivity contribution is 0.0603. The van der Waals surface area contributed by atoms with Crippen molar-refractivity contribution in [3.8, 4) is 11.1 Å². The number of aliphatic hydroxyl groups is 1. The second-order valence-electron chi connectivity index (χ2n) is 12.2. The number of fused-ring (bicyclic) bond motifs is 1. The number of nitrogens with zero attached hydrogens (tertiary/aromatic N) is 4. The summed E-state index contributed by atoms with van der Waals surface area (Å²) in [4.78, 5) is 22.3. The molecule has 2 aromatic carbocycles. The minimum Gasteiger partial charge on any atom is -0.442 e. The van der Waals surface area contributed by atoms with Gasteiger partial charge in [-0.2, -0.15) is 10.1 Å². The summed E-state index contributed by atoms with van der Waals surface area (Å²) in [5, 5.41) is 15.5. The normalized spacial score (nSPS) is 12.7. The van der Waals surface area contributed by atoms with Gasteiger partial charge in [-0.1, -0.05) is 23.7 Å². The zero-order valence-corrected chi connectivity index (χ0v) is 25.9. The fourth-order valence-electron chi connectivity index (χ4n) is 4.88. The van der Waals surface area contributed by atoms with E-state index in [1.54, 1.807) is 58.5 Å². The summed E-state index contributed by atoms with van der Waals surface area (Å²) in [6, 6.07) is 10.4. The van der Waals surface area contributed by atoms with Gasteiger partial charge in [0.25, 0.3) is 0 Å². The van der Waals surface area contributed by atoms with Crippen molar-refractivity contribution in [3.05, 3.63) is 76.1 Å². The van der Waals surface area contributed by atoms with Gasteiger partial charge >= 0.3 is 6.09 Å². The molecule has 0 atom stereocenters. The van der Waals surface area contributed by atoms with Crippen LogP contribution < -0.4 is 5.73 Å². The molecule has 0 bridgehead atoms. The Labute approximate surface area is 254 Å². The van der Waals surface area contributed by atoms with Crippen LogP contribution in [0.15, 0.2) is 47.5 Å². The number of pyridine rings is 1. The minimum absolute atomic E-state index is 0.120. The van der Waals surface area contributed by atoms with Crippen LogP contribution >= 0.6 is 11.6 Å². The van der Waals surface area contributed by atoms with Gasteiger partial charge in [-0.15, -0.1) is 0 Å². The van der Waals surface area contributed by atoms with Crippen LogP contribution in [0.3, 0.4) is 0 Å². The SMILES string of the molecule is Cn1nc(N)c2c(Cl)ccc(-c3ccc(CCCC(C)(C)O)nc3C(Cc3cc(F)cc(F)c3)=NC(=O)OC(C)(C)C)c21. The number of halogens is 3. The third-order valence-electron chi connectivity index (χ3n) is 6.62. The molecule has 2 aromatic heterocycles. The molecule has 8 nitrogen and oxygen atoms in total. The van der Waals surface area contributed by atoms with Crippen molar-refractivity contribution < 1.29 is 23.4 Å². The molecule has 4 rings (SSSR count). The van der Waals surface area contributed by atoms with Crippen molar-refractivity contribution in [2.75, 3.05) is 5.73 Å². The number of ether oxygens (including phenoxy) is 1. The molecule has 0 spiro atoms. The number of amides is 1. The Morgan fingerprint density at radius 1 is 1.07 bits per heavy atom. The molecule has 4 aromatic rings. The van der Waals surface area contributed by atoms with E-state index in [2.05, 4.69) is 10.1 Å². The highest BCUT2D eigenvalue weighted by atomic mass is 35.5. The van der Waals surface area contributed by atoms with Crippen LogP contribution in [0.4, 0.5) is 19.4 Å². The standard InChI is InChI=1S/C32H36ClF2N5O3/c1-31(2,3)43-30(41)38-25(16-18-14-19(34)17-20(35)15-18)27-22(10-9-21(37-27)8-7-13-32(4,5)42)23-11-12-24(33)26-28(23)40(6)39-29(26)36/h9-12,14-15,17,42H,7-8,13,16H2,1-6H3,(H2,36,39). The van der Waals surface area contributed by atoms with Gasteiger partial charge in [0.2, 0.25) is 0 Å². The van der Waals surface area contributed by atoms with Crippen LogP contribution in [-0.4, -0.2) is 42.9 Å². The number of benzene rings is 2. The molecular weight excluding hydrogens is 576 g/mol. The Kier molecular flexibility index (Phi) is 9.22. The Morgan fingerprint density at radius 2 is 1.72 bits per heavy atom. The minimum atomic E-state index is -0.870. The summed E-state index contributed by atoms with van der Waals surface area (Å²) in [5.74, 6) is -1.27. The molecular formula is C32H36ClF2N5O3. The van der Waals surface area contributed by atoms with Crippen LogP contribution in [0, 0.1) is 11.6 Å². The maximum atomic E-state index is 14.2. The Balaban J connectivity index is 1.95. The highest BCUT2D eigenvalue weighted by Crippen LogP contribution is 2.37. The van der Waals surface area contributed by atoms with E-state index >= 15 is 0 Å². The highest BCUT2D eigenvalue weighted by Gasteiger charge is 2.24. The fraction of sp³-hybridized carbons (Fsp3) is 0.375. The molecule has 0 radical (unpaired) electrons. The van der Waals surface area contributed by atoms with Crippen molar-refractivity contribution >= 4 is 40.1 Å². The number of aromatic nitrogens is 3. The first-order chi connectivity index (χ1) is 20.0. The van der Waals surface area contributed by atoms with E-state index in [4.69, 9.17) is 27.1 Å². The van der Waals surface area contributed by atoms with Crippen LogP contribution in [0.5, 0.6) is 0 Å². The number of hydrogen-bond acceptors (Lipinski definition) is 6. The summed E-state index contributed by atoms with van der Waals surface area (Å²) in [6.07, 6.45) is 0.725. The summed E-state index contributed by atoms with van der Waals surface area (Å²) in [5.41, 5.74) is 7.79. The zero-order chi connectivity index (χ0) is 31.7. The Bertz CT molecular complexity index is 1680. The molecule has 3 N–H and O–H groups in total. The predicted molar refractivity (Wildman–Crippen MR) is 165 cm³/mol.